The van der Waals surface area contributed by atoms with Gasteiger partial charge in [0.05, 0.1) is 5.69 Å². The fourth-order valence-corrected chi connectivity index (χ4v) is 2.84. The van der Waals surface area contributed by atoms with Crippen LogP contribution in [0.3, 0.4) is 0 Å². The topological polar surface area (TPSA) is 48.0 Å². The van der Waals surface area contributed by atoms with Crippen molar-refractivity contribution < 1.29 is 9.21 Å². The highest BCUT2D eigenvalue weighted by Crippen LogP contribution is 2.26. The van der Waals surface area contributed by atoms with E-state index >= 15 is 0 Å². The second kappa shape index (κ2) is 7.30. The predicted octanol–water partition coefficient (Wildman–Crippen LogP) is 5.34. The van der Waals surface area contributed by atoms with Gasteiger partial charge in [0.15, 0.2) is 11.5 Å². The van der Waals surface area contributed by atoms with E-state index in [9.17, 15) is 4.79 Å². The highest BCUT2D eigenvalue weighted by molar-refractivity contribution is 6.07. The maximum Gasteiger partial charge on any atom is 0.185 e. The molecule has 0 amide bonds. The third-order valence-corrected chi connectivity index (χ3v) is 4.21. The fraction of sp³-hybridized carbons (Fsp3) is 0.0435. The molecule has 0 bridgehead atoms. The monoisotopic (exact) mass is 354 g/mol. The third kappa shape index (κ3) is 3.65. The van der Waals surface area contributed by atoms with Crippen molar-refractivity contribution in [2.24, 2.45) is 0 Å². The number of rotatable bonds is 5. The van der Waals surface area contributed by atoms with Crippen molar-refractivity contribution in [3.63, 3.8) is 0 Å². The second-order valence-electron chi connectivity index (χ2n) is 6.19. The first-order chi connectivity index (χ1) is 13.2. The van der Waals surface area contributed by atoms with Crippen LogP contribution in [0.4, 0.5) is 0 Å². The largest absolute Gasteiger partial charge is 0.460 e. The average Bonchev–Trinajstić information content (AvgIpc) is 3.33. The number of ketones is 1. The Bertz CT molecular complexity index is 1090. The number of furan rings is 1. The van der Waals surface area contributed by atoms with Crippen LogP contribution < -0.4 is 0 Å². The Morgan fingerprint density at radius 3 is 2.33 bits per heavy atom. The maximum atomic E-state index is 12.4. The zero-order valence-electron chi connectivity index (χ0n) is 14.9. The highest BCUT2D eigenvalue weighted by Gasteiger charge is 2.14. The molecule has 2 aromatic heterocycles. The molecular formula is C23H18N2O2. The van der Waals surface area contributed by atoms with Crippen LogP contribution in [-0.4, -0.2) is 15.6 Å². The molecule has 2 heterocycles. The number of para-hydroxylation sites is 1. The lowest BCUT2D eigenvalue weighted by Gasteiger charge is -1.98. The smallest absolute Gasteiger partial charge is 0.185 e. The molecule has 4 aromatic rings. The zero-order chi connectivity index (χ0) is 18.6. The molecule has 4 nitrogen and oxygen atoms in total. The molecule has 0 unspecified atom stereocenters. The van der Waals surface area contributed by atoms with Gasteiger partial charge in [0, 0.05) is 17.3 Å². The number of nitrogens with zero attached hydrogens (tertiary/aromatic N) is 2. The van der Waals surface area contributed by atoms with Crippen molar-refractivity contribution in [2.45, 2.75) is 6.92 Å². The molecule has 0 radical (unpaired) electrons. The molecule has 27 heavy (non-hydrogen) atoms. The van der Waals surface area contributed by atoms with Gasteiger partial charge < -0.3 is 4.42 Å². The number of aryl methyl sites for hydroxylation is 1. The Balaban J connectivity index is 1.73. The molecule has 0 aliphatic rings. The summed E-state index contributed by atoms with van der Waals surface area (Å²) < 4.78 is 7.55. The van der Waals surface area contributed by atoms with E-state index in [0.29, 0.717) is 17.0 Å². The molecule has 0 aliphatic heterocycles. The lowest BCUT2D eigenvalue weighted by atomic mass is 10.1. The molecule has 0 saturated carbocycles. The molecule has 2 aromatic carbocycles. The van der Waals surface area contributed by atoms with Crippen molar-refractivity contribution >= 4 is 11.9 Å². The summed E-state index contributed by atoms with van der Waals surface area (Å²) in [7, 11) is 0. The van der Waals surface area contributed by atoms with Crippen molar-refractivity contribution in [1.82, 2.24) is 9.78 Å². The molecule has 4 rings (SSSR count). The van der Waals surface area contributed by atoms with Crippen LogP contribution in [-0.2, 0) is 0 Å². The molecule has 0 saturated heterocycles. The summed E-state index contributed by atoms with van der Waals surface area (Å²) in [4.78, 5) is 12.4. The van der Waals surface area contributed by atoms with E-state index in [-0.39, 0.29) is 5.78 Å². The number of benzene rings is 2. The summed E-state index contributed by atoms with van der Waals surface area (Å²) in [6.07, 6.45) is 5.26. The quantitative estimate of drug-likeness (QED) is 0.359. The number of allylic oxidation sites excluding steroid dienone is 1. The van der Waals surface area contributed by atoms with Crippen LogP contribution in [0.1, 0.15) is 21.7 Å². The number of hydrogen-bond donors (Lipinski definition) is 0. The Morgan fingerprint density at radius 1 is 0.963 bits per heavy atom. The average molecular weight is 354 g/mol. The first-order valence-corrected chi connectivity index (χ1v) is 8.70. The van der Waals surface area contributed by atoms with Crippen LogP contribution in [0.5, 0.6) is 0 Å². The van der Waals surface area contributed by atoms with Gasteiger partial charge in [-0.2, -0.15) is 5.10 Å². The molecule has 4 heteroatoms. The van der Waals surface area contributed by atoms with Gasteiger partial charge >= 0.3 is 0 Å². The summed E-state index contributed by atoms with van der Waals surface area (Å²) in [5.74, 6) is 1.44. The Morgan fingerprint density at radius 2 is 1.67 bits per heavy atom. The number of carbonyl (C=O) groups is 1. The van der Waals surface area contributed by atoms with E-state index in [1.807, 2.05) is 73.8 Å². The highest BCUT2D eigenvalue weighted by atomic mass is 16.3. The number of hydrogen-bond acceptors (Lipinski definition) is 3. The van der Waals surface area contributed by atoms with Crippen LogP contribution >= 0.6 is 0 Å². The van der Waals surface area contributed by atoms with Crippen LogP contribution in [0, 0.1) is 6.92 Å². The van der Waals surface area contributed by atoms with Gasteiger partial charge in [0.25, 0.3) is 0 Å². The Kier molecular flexibility index (Phi) is 4.54. The van der Waals surface area contributed by atoms with E-state index in [2.05, 4.69) is 5.10 Å². The van der Waals surface area contributed by atoms with E-state index in [1.54, 1.807) is 29.0 Å². The van der Waals surface area contributed by atoms with Crippen LogP contribution in [0.2, 0.25) is 0 Å². The van der Waals surface area contributed by atoms with Crippen LogP contribution in [0.25, 0.3) is 23.2 Å². The second-order valence-corrected chi connectivity index (χ2v) is 6.19. The molecule has 0 spiro atoms. The van der Waals surface area contributed by atoms with Gasteiger partial charge in [-0.1, -0.05) is 48.5 Å². The van der Waals surface area contributed by atoms with Gasteiger partial charge in [-0.05, 0) is 43.3 Å². The first-order valence-electron chi connectivity index (χ1n) is 8.70. The summed E-state index contributed by atoms with van der Waals surface area (Å²) in [5.41, 5.74) is 3.11. The van der Waals surface area contributed by atoms with E-state index in [1.165, 1.54) is 0 Å². The molecule has 0 N–H and O–H groups in total. The zero-order valence-corrected chi connectivity index (χ0v) is 14.9. The SMILES string of the molecule is Cc1ccc(-c2nn(-c3ccccc3)cc2C=CC(=O)c2ccccc2)o1. The standard InChI is InChI=1S/C23H18N2O2/c1-17-12-15-22(27-17)23-19(13-14-21(26)18-8-4-2-5-9-18)16-25(24-23)20-10-6-3-7-11-20/h2-16H,1H3. The van der Waals surface area contributed by atoms with Gasteiger partial charge in [-0.3, -0.25) is 4.79 Å². The van der Waals surface area contributed by atoms with Crippen molar-refractivity contribution in [3.05, 3.63) is 102 Å². The molecule has 0 fully saturated rings. The predicted molar refractivity (Wildman–Crippen MR) is 106 cm³/mol. The Labute approximate surface area is 157 Å². The Hall–Kier alpha value is -3.66. The van der Waals surface area contributed by atoms with Gasteiger partial charge in [-0.25, -0.2) is 4.68 Å². The van der Waals surface area contributed by atoms with Crippen molar-refractivity contribution in [1.29, 1.82) is 0 Å². The van der Waals surface area contributed by atoms with E-state index in [4.69, 9.17) is 4.42 Å². The van der Waals surface area contributed by atoms with Crippen LogP contribution in [0.15, 0.2) is 89.5 Å². The maximum absolute atomic E-state index is 12.4. The molecule has 0 atom stereocenters. The van der Waals surface area contributed by atoms with E-state index in [0.717, 1.165) is 17.0 Å². The summed E-state index contributed by atoms with van der Waals surface area (Å²) in [6, 6.07) is 22.8. The summed E-state index contributed by atoms with van der Waals surface area (Å²) in [6.45, 7) is 1.89. The first kappa shape index (κ1) is 16.8. The minimum absolute atomic E-state index is 0.0513. The lowest BCUT2D eigenvalue weighted by Crippen LogP contribution is -1.93. The summed E-state index contributed by atoms with van der Waals surface area (Å²) >= 11 is 0. The van der Waals surface area contributed by atoms with Crippen molar-refractivity contribution in [2.75, 3.05) is 0 Å². The fourth-order valence-electron chi connectivity index (χ4n) is 2.84. The van der Waals surface area contributed by atoms with Crippen molar-refractivity contribution in [3.8, 4) is 17.1 Å². The molecular weight excluding hydrogens is 336 g/mol. The molecule has 132 valence electrons. The van der Waals surface area contributed by atoms with Gasteiger partial charge in [-0.15, -0.1) is 0 Å². The lowest BCUT2D eigenvalue weighted by molar-refractivity contribution is 0.104. The molecule has 0 aliphatic carbocycles. The minimum atomic E-state index is -0.0513. The number of carbonyl (C=O) groups excluding carboxylic acids is 1. The number of aromatic nitrogens is 2. The minimum Gasteiger partial charge on any atom is -0.460 e. The van der Waals surface area contributed by atoms with E-state index < -0.39 is 0 Å². The third-order valence-electron chi connectivity index (χ3n) is 4.21. The van der Waals surface area contributed by atoms with Gasteiger partial charge in [0.2, 0.25) is 0 Å². The van der Waals surface area contributed by atoms with Gasteiger partial charge in [0.1, 0.15) is 11.5 Å². The normalized spacial score (nSPS) is 11.1. The summed E-state index contributed by atoms with van der Waals surface area (Å²) in [5, 5.41) is 4.68.